The van der Waals surface area contributed by atoms with Gasteiger partial charge in [-0.05, 0) is 23.6 Å². The fourth-order valence-electron chi connectivity index (χ4n) is 2.83. The van der Waals surface area contributed by atoms with Crippen LogP contribution in [0.25, 0.3) is 0 Å². The van der Waals surface area contributed by atoms with Crippen LogP contribution in [0.3, 0.4) is 0 Å². The molecule has 0 unspecified atom stereocenters. The Labute approximate surface area is 127 Å². The summed E-state index contributed by atoms with van der Waals surface area (Å²) in [5.74, 6) is 1.06. The van der Waals surface area contributed by atoms with E-state index in [-0.39, 0.29) is 0 Å². The predicted octanol–water partition coefficient (Wildman–Crippen LogP) is 3.34. The average Bonchev–Trinajstić information content (AvgIpc) is 2.92. The Morgan fingerprint density at radius 3 is 2.86 bits per heavy atom. The number of hydrogen-bond donors (Lipinski definition) is 1. The lowest BCUT2D eigenvalue weighted by molar-refractivity contribution is 0.226. The molecule has 3 heteroatoms. The van der Waals surface area contributed by atoms with Crippen molar-refractivity contribution in [3.63, 3.8) is 0 Å². The molecule has 0 saturated heterocycles. The molecule has 112 valence electrons. The van der Waals surface area contributed by atoms with Gasteiger partial charge in [-0.25, -0.2) is 0 Å². The second-order valence-electron chi connectivity index (χ2n) is 6.19. The number of hydrogen-bond acceptors (Lipinski definition) is 3. The Morgan fingerprint density at radius 1 is 1.24 bits per heavy atom. The molecule has 1 aromatic carbocycles. The van der Waals surface area contributed by atoms with E-state index in [4.69, 9.17) is 4.42 Å². The van der Waals surface area contributed by atoms with Gasteiger partial charge in [0, 0.05) is 31.2 Å². The highest BCUT2D eigenvalue weighted by Gasteiger charge is 2.17. The predicted molar refractivity (Wildman–Crippen MR) is 84.9 cm³/mol. The van der Waals surface area contributed by atoms with Gasteiger partial charge in [-0.2, -0.15) is 0 Å². The third-order valence-electron chi connectivity index (χ3n) is 4.01. The first-order valence-corrected chi connectivity index (χ1v) is 7.79. The maximum absolute atomic E-state index is 5.71. The third-order valence-corrected chi connectivity index (χ3v) is 4.01. The lowest BCUT2D eigenvalue weighted by atomic mass is 10.00. The highest BCUT2D eigenvalue weighted by atomic mass is 16.3. The van der Waals surface area contributed by atoms with E-state index < -0.39 is 0 Å². The van der Waals surface area contributed by atoms with Crippen LogP contribution in [0.5, 0.6) is 0 Å². The highest BCUT2D eigenvalue weighted by molar-refractivity contribution is 5.29. The van der Waals surface area contributed by atoms with Crippen molar-refractivity contribution in [3.05, 3.63) is 59.0 Å². The van der Waals surface area contributed by atoms with Gasteiger partial charge >= 0.3 is 0 Å². The Morgan fingerprint density at radius 2 is 2.05 bits per heavy atom. The molecule has 0 aliphatic carbocycles. The number of rotatable bonds is 5. The van der Waals surface area contributed by atoms with Crippen LogP contribution in [0, 0.1) is 0 Å². The summed E-state index contributed by atoms with van der Waals surface area (Å²) in [5.41, 5.74) is 4.18. The summed E-state index contributed by atoms with van der Waals surface area (Å²) in [4.78, 5) is 2.46. The maximum Gasteiger partial charge on any atom is 0.118 e. The van der Waals surface area contributed by atoms with Gasteiger partial charge < -0.3 is 9.73 Å². The molecule has 2 aromatic rings. The zero-order valence-electron chi connectivity index (χ0n) is 12.9. The summed E-state index contributed by atoms with van der Waals surface area (Å²) in [6, 6.07) is 11.4. The van der Waals surface area contributed by atoms with Crippen LogP contribution >= 0.6 is 0 Å². The van der Waals surface area contributed by atoms with E-state index in [2.05, 4.69) is 54.4 Å². The second-order valence-corrected chi connectivity index (χ2v) is 6.19. The average molecular weight is 284 g/mol. The minimum absolute atomic E-state index is 0.502. The molecular weight excluding hydrogens is 260 g/mol. The van der Waals surface area contributed by atoms with Gasteiger partial charge in [0.05, 0.1) is 12.8 Å². The number of fused-ring (bicyclic) bond motifs is 1. The number of nitrogens with one attached hydrogen (secondary N) is 1. The van der Waals surface area contributed by atoms with E-state index in [9.17, 15) is 0 Å². The molecule has 0 atom stereocenters. The van der Waals surface area contributed by atoms with Crippen molar-refractivity contribution in [3.8, 4) is 0 Å². The number of benzene rings is 1. The van der Waals surface area contributed by atoms with E-state index in [1.54, 1.807) is 0 Å². The molecule has 2 heterocycles. The van der Waals surface area contributed by atoms with Crippen LogP contribution in [-0.4, -0.2) is 17.5 Å². The molecule has 0 fully saturated rings. The van der Waals surface area contributed by atoms with Gasteiger partial charge in [0.25, 0.3) is 0 Å². The Kier molecular flexibility index (Phi) is 4.42. The first-order valence-electron chi connectivity index (χ1n) is 7.79. The zero-order chi connectivity index (χ0) is 14.7. The smallest absolute Gasteiger partial charge is 0.118 e. The van der Waals surface area contributed by atoms with Crippen LogP contribution in [0.1, 0.15) is 36.3 Å². The van der Waals surface area contributed by atoms with Crippen LogP contribution in [0.15, 0.2) is 41.0 Å². The summed E-state index contributed by atoms with van der Waals surface area (Å²) in [5, 5.41) is 3.42. The maximum atomic E-state index is 5.71. The van der Waals surface area contributed by atoms with Crippen LogP contribution in [0.2, 0.25) is 0 Å². The molecule has 1 N–H and O–H groups in total. The molecule has 3 rings (SSSR count). The van der Waals surface area contributed by atoms with Crippen LogP contribution in [-0.2, 0) is 26.1 Å². The lowest BCUT2D eigenvalue weighted by Crippen LogP contribution is -2.29. The van der Waals surface area contributed by atoms with Gasteiger partial charge in [0.2, 0.25) is 0 Å². The second kappa shape index (κ2) is 6.46. The standard InChI is InChI=1S/C18H24N2O/c1-14(2)19-10-15-9-18(21-13-15)12-20-8-7-16-5-3-4-6-17(16)11-20/h3-6,9,13-14,19H,7-8,10-12H2,1-2H3. The van der Waals surface area contributed by atoms with Crippen molar-refractivity contribution < 1.29 is 4.42 Å². The molecule has 0 amide bonds. The molecule has 0 radical (unpaired) electrons. The minimum Gasteiger partial charge on any atom is -0.468 e. The molecule has 0 saturated carbocycles. The van der Waals surface area contributed by atoms with E-state index >= 15 is 0 Å². The molecule has 0 bridgehead atoms. The Bertz CT molecular complexity index is 588. The fraction of sp³-hybridized carbons (Fsp3) is 0.444. The summed E-state index contributed by atoms with van der Waals surface area (Å²) in [6.45, 7) is 8.23. The summed E-state index contributed by atoms with van der Waals surface area (Å²) in [7, 11) is 0. The first-order chi connectivity index (χ1) is 10.2. The van der Waals surface area contributed by atoms with E-state index in [0.717, 1.165) is 38.4 Å². The van der Waals surface area contributed by atoms with E-state index in [1.165, 1.54) is 16.7 Å². The van der Waals surface area contributed by atoms with Gasteiger partial charge in [-0.3, -0.25) is 4.90 Å². The Hall–Kier alpha value is -1.58. The topological polar surface area (TPSA) is 28.4 Å². The van der Waals surface area contributed by atoms with Crippen LogP contribution in [0.4, 0.5) is 0 Å². The fourth-order valence-corrected chi connectivity index (χ4v) is 2.83. The van der Waals surface area contributed by atoms with Crippen LogP contribution < -0.4 is 5.32 Å². The molecule has 1 aromatic heterocycles. The molecule has 21 heavy (non-hydrogen) atoms. The monoisotopic (exact) mass is 284 g/mol. The first kappa shape index (κ1) is 14.4. The molecule has 0 spiro atoms. The van der Waals surface area contributed by atoms with Gasteiger partial charge in [0.15, 0.2) is 0 Å². The Balaban J connectivity index is 1.58. The van der Waals surface area contributed by atoms with Crippen molar-refractivity contribution in [1.82, 2.24) is 10.2 Å². The molecule has 3 nitrogen and oxygen atoms in total. The van der Waals surface area contributed by atoms with Gasteiger partial charge in [-0.1, -0.05) is 38.1 Å². The normalized spacial score (nSPS) is 15.4. The van der Waals surface area contributed by atoms with Crippen molar-refractivity contribution in [1.29, 1.82) is 0 Å². The highest BCUT2D eigenvalue weighted by Crippen LogP contribution is 2.20. The number of nitrogens with zero attached hydrogens (tertiary/aromatic N) is 1. The summed E-state index contributed by atoms with van der Waals surface area (Å²) >= 11 is 0. The van der Waals surface area contributed by atoms with Gasteiger partial charge in [-0.15, -0.1) is 0 Å². The largest absolute Gasteiger partial charge is 0.468 e. The van der Waals surface area contributed by atoms with Crippen molar-refractivity contribution >= 4 is 0 Å². The number of furan rings is 1. The van der Waals surface area contributed by atoms with E-state index in [0.29, 0.717) is 6.04 Å². The minimum atomic E-state index is 0.502. The quantitative estimate of drug-likeness (QED) is 0.913. The zero-order valence-corrected chi connectivity index (χ0v) is 12.9. The van der Waals surface area contributed by atoms with Crippen molar-refractivity contribution in [2.75, 3.05) is 6.54 Å². The van der Waals surface area contributed by atoms with Crippen molar-refractivity contribution in [2.45, 2.75) is 45.9 Å². The molecular formula is C18H24N2O. The summed E-state index contributed by atoms with van der Waals surface area (Å²) in [6.07, 6.45) is 3.02. The van der Waals surface area contributed by atoms with E-state index in [1.807, 2.05) is 6.26 Å². The lowest BCUT2D eigenvalue weighted by Gasteiger charge is -2.27. The van der Waals surface area contributed by atoms with Gasteiger partial charge in [0.1, 0.15) is 5.76 Å². The SMILES string of the molecule is CC(C)NCc1coc(CN2CCc3ccccc3C2)c1. The molecule has 1 aliphatic rings. The molecule has 1 aliphatic heterocycles. The third kappa shape index (κ3) is 3.74. The van der Waals surface area contributed by atoms with Crippen molar-refractivity contribution in [2.24, 2.45) is 0 Å². The summed E-state index contributed by atoms with van der Waals surface area (Å²) < 4.78 is 5.71.